The van der Waals surface area contributed by atoms with E-state index >= 15 is 0 Å². The molecule has 0 spiro atoms. The van der Waals surface area contributed by atoms with Gasteiger partial charge in [0.25, 0.3) is 0 Å². The smallest absolute Gasteiger partial charge is 0.315 e. The molecule has 3 atom stereocenters. The quantitative estimate of drug-likeness (QED) is 0.756. The first-order chi connectivity index (χ1) is 9.40. The van der Waals surface area contributed by atoms with Crippen LogP contribution in [-0.4, -0.2) is 23.8 Å². The third-order valence-corrected chi connectivity index (χ3v) is 3.42. The largest absolute Gasteiger partial charge is 0.393 e. The van der Waals surface area contributed by atoms with Crippen molar-refractivity contribution in [3.8, 4) is 0 Å². The van der Waals surface area contributed by atoms with Crippen molar-refractivity contribution in [1.82, 2.24) is 10.6 Å². The number of halogens is 1. The molecule has 5 heteroatoms. The second kappa shape index (κ2) is 8.12. The van der Waals surface area contributed by atoms with Gasteiger partial charge in [0.2, 0.25) is 0 Å². The molecule has 2 amide bonds. The summed E-state index contributed by atoms with van der Waals surface area (Å²) in [5.74, 6) is 0.233. The molecule has 0 saturated heterocycles. The van der Waals surface area contributed by atoms with E-state index in [0.717, 1.165) is 5.56 Å². The summed E-state index contributed by atoms with van der Waals surface area (Å²) in [4.78, 5) is 11.8. The predicted octanol–water partition coefficient (Wildman–Crippen LogP) is 3.11. The number of urea groups is 1. The number of carbonyl (C=O) groups is 1. The van der Waals surface area contributed by atoms with E-state index in [2.05, 4.69) is 10.6 Å². The average Bonchev–Trinajstić information content (AvgIpc) is 2.36. The van der Waals surface area contributed by atoms with E-state index in [4.69, 9.17) is 11.6 Å². The SMILES string of the molecule is CC(O)CC(C)CNC(=O)NC(C)c1ccccc1Cl. The predicted molar refractivity (Wildman–Crippen MR) is 81.9 cm³/mol. The maximum Gasteiger partial charge on any atom is 0.315 e. The number of carbonyl (C=O) groups excluding carboxylic acids is 1. The molecular weight excluding hydrogens is 276 g/mol. The second-order valence-electron chi connectivity index (χ2n) is 5.29. The Hall–Kier alpha value is -1.26. The average molecular weight is 299 g/mol. The maximum absolute atomic E-state index is 11.8. The van der Waals surface area contributed by atoms with Gasteiger partial charge in [-0.05, 0) is 37.8 Å². The standard InChI is InChI=1S/C15H23ClN2O2/c1-10(8-11(2)19)9-17-15(20)18-12(3)13-6-4-5-7-14(13)16/h4-7,10-12,19H,8-9H2,1-3H3,(H2,17,18,20). The van der Waals surface area contributed by atoms with Crippen LogP contribution in [0.4, 0.5) is 4.79 Å². The van der Waals surface area contributed by atoms with Crippen molar-refractivity contribution in [3.05, 3.63) is 34.9 Å². The van der Waals surface area contributed by atoms with Gasteiger partial charge in [0.1, 0.15) is 0 Å². The molecule has 0 aliphatic heterocycles. The van der Waals surface area contributed by atoms with Crippen LogP contribution < -0.4 is 10.6 Å². The lowest BCUT2D eigenvalue weighted by atomic mass is 10.1. The summed E-state index contributed by atoms with van der Waals surface area (Å²) in [6.07, 6.45) is 0.317. The number of hydrogen-bond donors (Lipinski definition) is 3. The van der Waals surface area contributed by atoms with Crippen LogP contribution in [0, 0.1) is 5.92 Å². The molecule has 4 nitrogen and oxygen atoms in total. The number of aliphatic hydroxyl groups is 1. The summed E-state index contributed by atoms with van der Waals surface area (Å²) in [7, 11) is 0. The third-order valence-electron chi connectivity index (χ3n) is 3.07. The van der Waals surface area contributed by atoms with Crippen LogP contribution in [0.3, 0.4) is 0 Å². The van der Waals surface area contributed by atoms with E-state index in [0.29, 0.717) is 18.0 Å². The second-order valence-corrected chi connectivity index (χ2v) is 5.69. The molecule has 0 bridgehead atoms. The molecule has 1 rings (SSSR count). The van der Waals surface area contributed by atoms with Crippen LogP contribution in [0.2, 0.25) is 5.02 Å². The molecular formula is C15H23ClN2O2. The Labute approximate surface area is 125 Å². The zero-order valence-corrected chi connectivity index (χ0v) is 12.9. The van der Waals surface area contributed by atoms with Crippen molar-refractivity contribution in [3.63, 3.8) is 0 Å². The molecule has 1 aromatic rings. The zero-order chi connectivity index (χ0) is 15.1. The minimum absolute atomic E-state index is 0.157. The van der Waals surface area contributed by atoms with Crippen molar-refractivity contribution in [2.75, 3.05) is 6.54 Å². The maximum atomic E-state index is 11.8. The van der Waals surface area contributed by atoms with Gasteiger partial charge in [-0.2, -0.15) is 0 Å². The van der Waals surface area contributed by atoms with Crippen molar-refractivity contribution in [2.24, 2.45) is 5.92 Å². The molecule has 3 unspecified atom stereocenters. The number of aliphatic hydroxyl groups excluding tert-OH is 1. The van der Waals surface area contributed by atoms with Crippen molar-refractivity contribution >= 4 is 17.6 Å². The monoisotopic (exact) mass is 298 g/mol. The highest BCUT2D eigenvalue weighted by Gasteiger charge is 2.13. The van der Waals surface area contributed by atoms with Gasteiger partial charge in [-0.15, -0.1) is 0 Å². The molecule has 20 heavy (non-hydrogen) atoms. The normalized spacial score (nSPS) is 15.2. The van der Waals surface area contributed by atoms with Crippen molar-refractivity contribution in [2.45, 2.75) is 39.3 Å². The van der Waals surface area contributed by atoms with E-state index < -0.39 is 0 Å². The molecule has 0 aromatic heterocycles. The molecule has 3 N–H and O–H groups in total. The molecule has 112 valence electrons. The Morgan fingerprint density at radius 1 is 1.30 bits per heavy atom. The van der Waals surface area contributed by atoms with Gasteiger partial charge in [-0.25, -0.2) is 4.79 Å². The molecule has 0 radical (unpaired) electrons. The van der Waals surface area contributed by atoms with Gasteiger partial charge < -0.3 is 15.7 Å². The first-order valence-corrected chi connectivity index (χ1v) is 7.24. The van der Waals surface area contributed by atoms with Crippen LogP contribution in [0.15, 0.2) is 24.3 Å². The van der Waals surface area contributed by atoms with E-state index in [-0.39, 0.29) is 24.1 Å². The van der Waals surface area contributed by atoms with Gasteiger partial charge in [-0.1, -0.05) is 36.7 Å². The number of amides is 2. The lowest BCUT2D eigenvalue weighted by molar-refractivity contribution is 0.163. The van der Waals surface area contributed by atoms with Crippen LogP contribution in [0.1, 0.15) is 38.8 Å². The molecule has 0 heterocycles. The van der Waals surface area contributed by atoms with Crippen molar-refractivity contribution in [1.29, 1.82) is 0 Å². The Balaban J connectivity index is 2.41. The van der Waals surface area contributed by atoms with Crippen LogP contribution in [-0.2, 0) is 0 Å². The molecule has 0 saturated carbocycles. The number of hydrogen-bond acceptors (Lipinski definition) is 2. The van der Waals surface area contributed by atoms with Gasteiger partial charge in [0.15, 0.2) is 0 Å². The Morgan fingerprint density at radius 2 is 1.95 bits per heavy atom. The van der Waals surface area contributed by atoms with E-state index in [1.54, 1.807) is 13.0 Å². The summed E-state index contributed by atoms with van der Waals surface area (Å²) >= 11 is 6.09. The van der Waals surface area contributed by atoms with Crippen LogP contribution in [0.25, 0.3) is 0 Å². The van der Waals surface area contributed by atoms with Gasteiger partial charge in [0.05, 0.1) is 12.1 Å². The minimum atomic E-state index is -0.350. The molecule has 1 aromatic carbocycles. The fraction of sp³-hybridized carbons (Fsp3) is 0.533. The highest BCUT2D eigenvalue weighted by molar-refractivity contribution is 6.31. The van der Waals surface area contributed by atoms with Crippen LogP contribution in [0.5, 0.6) is 0 Å². The highest BCUT2D eigenvalue weighted by Crippen LogP contribution is 2.21. The van der Waals surface area contributed by atoms with Gasteiger partial charge in [-0.3, -0.25) is 0 Å². The van der Waals surface area contributed by atoms with Crippen LogP contribution >= 0.6 is 11.6 Å². The Bertz CT molecular complexity index is 438. The first-order valence-electron chi connectivity index (χ1n) is 6.87. The topological polar surface area (TPSA) is 61.4 Å². The van der Waals surface area contributed by atoms with Gasteiger partial charge >= 0.3 is 6.03 Å². The summed E-state index contributed by atoms with van der Waals surface area (Å²) in [5.41, 5.74) is 0.890. The Morgan fingerprint density at radius 3 is 2.55 bits per heavy atom. The van der Waals surface area contributed by atoms with E-state index in [1.165, 1.54) is 0 Å². The highest BCUT2D eigenvalue weighted by atomic mass is 35.5. The fourth-order valence-corrected chi connectivity index (χ4v) is 2.38. The summed E-state index contributed by atoms with van der Waals surface area (Å²) in [6, 6.07) is 7.06. The lowest BCUT2D eigenvalue weighted by Crippen LogP contribution is -2.39. The lowest BCUT2D eigenvalue weighted by Gasteiger charge is -2.18. The number of nitrogens with one attached hydrogen (secondary N) is 2. The van der Waals surface area contributed by atoms with Crippen molar-refractivity contribution < 1.29 is 9.90 Å². The molecule has 0 aliphatic carbocycles. The van der Waals surface area contributed by atoms with E-state index in [9.17, 15) is 9.90 Å². The van der Waals surface area contributed by atoms with E-state index in [1.807, 2.05) is 32.0 Å². The minimum Gasteiger partial charge on any atom is -0.393 e. The summed E-state index contributed by atoms with van der Waals surface area (Å²) in [6.45, 7) is 6.16. The summed E-state index contributed by atoms with van der Waals surface area (Å²) in [5, 5.41) is 15.6. The Kier molecular flexibility index (Phi) is 6.82. The van der Waals surface area contributed by atoms with Gasteiger partial charge in [0, 0.05) is 11.6 Å². The molecule has 0 fully saturated rings. The number of rotatable bonds is 6. The third kappa shape index (κ3) is 5.80. The zero-order valence-electron chi connectivity index (χ0n) is 12.2. The first kappa shape index (κ1) is 16.8. The fourth-order valence-electron chi connectivity index (χ4n) is 2.08. The number of benzene rings is 1. The summed E-state index contributed by atoms with van der Waals surface area (Å²) < 4.78 is 0. The molecule has 0 aliphatic rings.